The molecule has 0 saturated heterocycles. The highest BCUT2D eigenvalue weighted by Gasteiger charge is 2.16. The van der Waals surface area contributed by atoms with Crippen LogP contribution in [0.1, 0.15) is 26.7 Å². The molecule has 1 heteroatoms. The summed E-state index contributed by atoms with van der Waals surface area (Å²) in [6.45, 7) is 4.27. The number of carbonyl (C=O) groups is 1. The lowest BCUT2D eigenvalue weighted by Crippen LogP contribution is -2.12. The van der Waals surface area contributed by atoms with Crippen LogP contribution in [0.3, 0.4) is 0 Å². The second-order valence-electron chi connectivity index (χ2n) is 3.33. The number of hydrogen-bond acceptors (Lipinski definition) is 1. The Kier molecular flexibility index (Phi) is 2.25. The summed E-state index contributed by atoms with van der Waals surface area (Å²) in [5.41, 5.74) is 1.37. The highest BCUT2D eigenvalue weighted by Crippen LogP contribution is 2.25. The van der Waals surface area contributed by atoms with Gasteiger partial charge in [-0.05, 0) is 25.7 Å². The van der Waals surface area contributed by atoms with Gasteiger partial charge in [0.1, 0.15) is 6.29 Å². The molecule has 1 aliphatic rings. The highest BCUT2D eigenvalue weighted by molar-refractivity contribution is 5.54. The Morgan fingerprint density at radius 3 is 2.90 bits per heavy atom. The summed E-state index contributed by atoms with van der Waals surface area (Å²) in [6.07, 6.45) is 5.38. The van der Waals surface area contributed by atoms with Gasteiger partial charge in [0, 0.05) is 5.92 Å². The van der Waals surface area contributed by atoms with E-state index >= 15 is 0 Å². The van der Waals surface area contributed by atoms with Gasteiger partial charge in [0.25, 0.3) is 0 Å². The normalized spacial score (nSPS) is 33.2. The third-order valence-corrected chi connectivity index (χ3v) is 2.02. The second-order valence-corrected chi connectivity index (χ2v) is 3.33. The van der Waals surface area contributed by atoms with Gasteiger partial charge in [-0.3, -0.25) is 0 Å². The van der Waals surface area contributed by atoms with Crippen LogP contribution in [0, 0.1) is 11.8 Å². The Morgan fingerprint density at radius 2 is 2.40 bits per heavy atom. The van der Waals surface area contributed by atoms with E-state index in [1.165, 1.54) is 5.57 Å². The van der Waals surface area contributed by atoms with Crippen LogP contribution < -0.4 is 0 Å². The molecule has 0 aliphatic heterocycles. The molecule has 1 rings (SSSR count). The summed E-state index contributed by atoms with van der Waals surface area (Å²) in [5, 5.41) is 0. The van der Waals surface area contributed by atoms with Crippen molar-refractivity contribution in [2.75, 3.05) is 0 Å². The lowest BCUT2D eigenvalue weighted by Gasteiger charge is -2.20. The van der Waals surface area contributed by atoms with Crippen LogP contribution >= 0.6 is 0 Å². The summed E-state index contributed by atoms with van der Waals surface area (Å²) < 4.78 is 0. The maximum absolute atomic E-state index is 10.4. The van der Waals surface area contributed by atoms with Gasteiger partial charge in [-0.15, -0.1) is 0 Å². The van der Waals surface area contributed by atoms with Gasteiger partial charge in [0.2, 0.25) is 0 Å². The third kappa shape index (κ3) is 1.69. The smallest absolute Gasteiger partial charge is 0.123 e. The minimum Gasteiger partial charge on any atom is -0.303 e. The molecule has 0 fully saturated rings. The molecule has 56 valence electrons. The third-order valence-electron chi connectivity index (χ3n) is 2.02. The molecular formula is C9H14O. The van der Waals surface area contributed by atoms with Crippen LogP contribution in [0.15, 0.2) is 11.6 Å². The first kappa shape index (κ1) is 7.52. The number of carbonyl (C=O) groups excluding carboxylic acids is 1. The van der Waals surface area contributed by atoms with Crippen molar-refractivity contribution >= 4 is 6.29 Å². The van der Waals surface area contributed by atoms with E-state index in [0.717, 1.165) is 19.1 Å². The lowest BCUT2D eigenvalue weighted by molar-refractivity contribution is -0.111. The van der Waals surface area contributed by atoms with E-state index in [1.807, 2.05) is 0 Å². The van der Waals surface area contributed by atoms with Crippen molar-refractivity contribution in [2.24, 2.45) is 11.8 Å². The summed E-state index contributed by atoms with van der Waals surface area (Å²) in [4.78, 5) is 10.4. The topological polar surface area (TPSA) is 17.1 Å². The molecule has 0 amide bonds. The molecule has 0 heterocycles. The predicted molar refractivity (Wildman–Crippen MR) is 41.7 cm³/mol. The van der Waals surface area contributed by atoms with E-state index in [1.54, 1.807) is 0 Å². The van der Waals surface area contributed by atoms with Crippen LogP contribution in [-0.4, -0.2) is 6.29 Å². The summed E-state index contributed by atoms with van der Waals surface area (Å²) in [5.74, 6) is 0.893. The van der Waals surface area contributed by atoms with Crippen molar-refractivity contribution in [1.29, 1.82) is 0 Å². The van der Waals surface area contributed by atoms with E-state index in [0.29, 0.717) is 11.8 Å². The first-order valence-electron chi connectivity index (χ1n) is 3.85. The SMILES string of the molecule is CC1=C[C@H](C)C[C@@H](C=O)C1. The number of hydrogen-bond donors (Lipinski definition) is 0. The Hall–Kier alpha value is -0.590. The zero-order valence-electron chi connectivity index (χ0n) is 6.63. The van der Waals surface area contributed by atoms with Crippen LogP contribution in [0.5, 0.6) is 0 Å². The molecule has 0 saturated carbocycles. The lowest BCUT2D eigenvalue weighted by atomic mass is 9.85. The van der Waals surface area contributed by atoms with Crippen LogP contribution in [0.4, 0.5) is 0 Å². The van der Waals surface area contributed by atoms with E-state index < -0.39 is 0 Å². The summed E-state index contributed by atoms with van der Waals surface area (Å²) >= 11 is 0. The Balaban J connectivity index is 2.60. The van der Waals surface area contributed by atoms with E-state index in [9.17, 15) is 4.79 Å². The second kappa shape index (κ2) is 3.00. The highest BCUT2D eigenvalue weighted by atomic mass is 16.1. The fourth-order valence-corrected chi connectivity index (χ4v) is 1.70. The average Bonchev–Trinajstić information content (AvgIpc) is 1.85. The molecule has 2 atom stereocenters. The van der Waals surface area contributed by atoms with Crippen molar-refractivity contribution in [3.8, 4) is 0 Å². The van der Waals surface area contributed by atoms with Gasteiger partial charge in [0.15, 0.2) is 0 Å². The predicted octanol–water partition coefficient (Wildman–Crippen LogP) is 2.18. The van der Waals surface area contributed by atoms with Crippen molar-refractivity contribution in [1.82, 2.24) is 0 Å². The van der Waals surface area contributed by atoms with Crippen LogP contribution in [0.2, 0.25) is 0 Å². The Bertz CT molecular complexity index is 158. The molecule has 0 spiro atoms. The number of allylic oxidation sites excluding steroid dienone is 2. The van der Waals surface area contributed by atoms with Gasteiger partial charge in [-0.1, -0.05) is 18.6 Å². The largest absolute Gasteiger partial charge is 0.303 e. The first-order chi connectivity index (χ1) is 4.72. The standard InChI is InChI=1S/C9H14O/c1-7-3-8(2)5-9(4-7)6-10/h3,6-7,9H,4-5H2,1-2H3/t7-,9+/m0/s1. The molecule has 0 aromatic carbocycles. The van der Waals surface area contributed by atoms with Gasteiger partial charge < -0.3 is 4.79 Å². The molecule has 0 N–H and O–H groups in total. The minimum atomic E-state index is 0.292. The Morgan fingerprint density at radius 1 is 1.70 bits per heavy atom. The molecule has 0 aromatic rings. The van der Waals surface area contributed by atoms with E-state index in [4.69, 9.17) is 0 Å². The van der Waals surface area contributed by atoms with E-state index in [-0.39, 0.29) is 0 Å². The van der Waals surface area contributed by atoms with Gasteiger partial charge in [0.05, 0.1) is 0 Å². The average molecular weight is 138 g/mol. The quantitative estimate of drug-likeness (QED) is 0.401. The summed E-state index contributed by atoms with van der Waals surface area (Å²) in [6, 6.07) is 0. The maximum Gasteiger partial charge on any atom is 0.123 e. The summed E-state index contributed by atoms with van der Waals surface area (Å²) in [7, 11) is 0. The minimum absolute atomic E-state index is 0.292. The van der Waals surface area contributed by atoms with Crippen molar-refractivity contribution in [3.05, 3.63) is 11.6 Å². The molecule has 1 aliphatic carbocycles. The Labute approximate surface area is 62.1 Å². The maximum atomic E-state index is 10.4. The molecule has 1 nitrogen and oxygen atoms in total. The zero-order valence-corrected chi connectivity index (χ0v) is 6.63. The van der Waals surface area contributed by atoms with Crippen molar-refractivity contribution < 1.29 is 4.79 Å². The van der Waals surface area contributed by atoms with Crippen LogP contribution in [-0.2, 0) is 4.79 Å². The van der Waals surface area contributed by atoms with Gasteiger partial charge >= 0.3 is 0 Å². The zero-order chi connectivity index (χ0) is 7.56. The van der Waals surface area contributed by atoms with Gasteiger partial charge in [-0.2, -0.15) is 0 Å². The van der Waals surface area contributed by atoms with E-state index in [2.05, 4.69) is 19.9 Å². The molecule has 0 radical (unpaired) electrons. The number of aldehydes is 1. The molecular weight excluding hydrogens is 124 g/mol. The fraction of sp³-hybridized carbons (Fsp3) is 0.667. The molecule has 0 aromatic heterocycles. The first-order valence-corrected chi connectivity index (χ1v) is 3.85. The van der Waals surface area contributed by atoms with Crippen LogP contribution in [0.25, 0.3) is 0 Å². The molecule has 0 unspecified atom stereocenters. The fourth-order valence-electron chi connectivity index (χ4n) is 1.70. The monoisotopic (exact) mass is 138 g/mol. The molecule has 0 bridgehead atoms. The van der Waals surface area contributed by atoms with Crippen molar-refractivity contribution in [3.63, 3.8) is 0 Å². The number of rotatable bonds is 1. The van der Waals surface area contributed by atoms with Gasteiger partial charge in [-0.25, -0.2) is 0 Å². The molecule has 10 heavy (non-hydrogen) atoms. The van der Waals surface area contributed by atoms with Crippen molar-refractivity contribution in [2.45, 2.75) is 26.7 Å².